The van der Waals surface area contributed by atoms with Gasteiger partial charge in [-0.2, -0.15) is 0 Å². The highest BCUT2D eigenvalue weighted by atomic mass is 16.5. The fourth-order valence-electron chi connectivity index (χ4n) is 3.74. The van der Waals surface area contributed by atoms with Gasteiger partial charge in [0, 0.05) is 32.2 Å². The molecule has 0 spiro atoms. The van der Waals surface area contributed by atoms with Crippen LogP contribution in [0.15, 0.2) is 24.3 Å². The third-order valence-electron chi connectivity index (χ3n) is 5.24. The van der Waals surface area contributed by atoms with Crippen LogP contribution in [0.4, 0.5) is 0 Å². The van der Waals surface area contributed by atoms with Gasteiger partial charge in [0.1, 0.15) is 11.9 Å². The Morgan fingerprint density at radius 3 is 2.62 bits per heavy atom. The van der Waals surface area contributed by atoms with Crippen molar-refractivity contribution in [2.24, 2.45) is 0 Å². The maximum atomic E-state index is 12.6. The van der Waals surface area contributed by atoms with Gasteiger partial charge in [0.15, 0.2) is 0 Å². The average Bonchev–Trinajstić information content (AvgIpc) is 2.63. The lowest BCUT2D eigenvalue weighted by Gasteiger charge is -2.43. The lowest BCUT2D eigenvalue weighted by molar-refractivity contribution is -0.0271. The van der Waals surface area contributed by atoms with Crippen LogP contribution >= 0.6 is 0 Å². The maximum absolute atomic E-state index is 12.6. The number of hydrogen-bond donors (Lipinski definition) is 0. The molecule has 1 heterocycles. The molecular weight excluding hydrogens is 304 g/mol. The molecule has 5 heteroatoms. The highest BCUT2D eigenvalue weighted by molar-refractivity contribution is 5.90. The van der Waals surface area contributed by atoms with Gasteiger partial charge < -0.3 is 14.4 Å². The van der Waals surface area contributed by atoms with E-state index in [-0.39, 0.29) is 12.1 Å². The SMILES string of the molecule is COc1cccc(C(=O)O[C@@H]2CCCC[C@H]2N2CCN(C)CC2)c1. The number of esters is 1. The molecule has 0 unspecified atom stereocenters. The van der Waals surface area contributed by atoms with Gasteiger partial charge in [-0.1, -0.05) is 12.5 Å². The summed E-state index contributed by atoms with van der Waals surface area (Å²) in [7, 11) is 3.77. The van der Waals surface area contributed by atoms with Crippen molar-refractivity contribution in [3.63, 3.8) is 0 Å². The fourth-order valence-corrected chi connectivity index (χ4v) is 3.74. The van der Waals surface area contributed by atoms with Gasteiger partial charge in [-0.25, -0.2) is 4.79 Å². The number of benzene rings is 1. The predicted molar refractivity (Wildman–Crippen MR) is 93.5 cm³/mol. The van der Waals surface area contributed by atoms with Crippen LogP contribution in [-0.4, -0.2) is 68.3 Å². The van der Waals surface area contributed by atoms with Crippen molar-refractivity contribution in [1.29, 1.82) is 0 Å². The van der Waals surface area contributed by atoms with E-state index in [1.807, 2.05) is 12.1 Å². The third kappa shape index (κ3) is 4.08. The van der Waals surface area contributed by atoms with Gasteiger partial charge >= 0.3 is 5.97 Å². The van der Waals surface area contributed by atoms with E-state index in [9.17, 15) is 4.79 Å². The van der Waals surface area contributed by atoms with E-state index in [0.29, 0.717) is 17.4 Å². The number of carbonyl (C=O) groups is 1. The van der Waals surface area contributed by atoms with E-state index < -0.39 is 0 Å². The summed E-state index contributed by atoms with van der Waals surface area (Å²) in [6.07, 6.45) is 4.46. The average molecular weight is 332 g/mol. The zero-order chi connectivity index (χ0) is 16.9. The van der Waals surface area contributed by atoms with Gasteiger partial charge in [0.2, 0.25) is 0 Å². The molecule has 0 bridgehead atoms. The minimum absolute atomic E-state index is 0.000794. The largest absolute Gasteiger partial charge is 0.497 e. The maximum Gasteiger partial charge on any atom is 0.338 e. The summed E-state index contributed by atoms with van der Waals surface area (Å²) >= 11 is 0. The number of likely N-dealkylation sites (N-methyl/N-ethyl adjacent to an activating group) is 1. The van der Waals surface area contributed by atoms with Crippen LogP contribution < -0.4 is 4.74 Å². The summed E-state index contributed by atoms with van der Waals surface area (Å²) < 4.78 is 11.1. The van der Waals surface area contributed by atoms with Crippen LogP contribution in [0, 0.1) is 0 Å². The molecule has 1 aliphatic heterocycles. The number of nitrogens with zero attached hydrogens (tertiary/aromatic N) is 2. The van der Waals surface area contributed by atoms with Crippen LogP contribution in [0.3, 0.4) is 0 Å². The second-order valence-corrected chi connectivity index (χ2v) is 6.87. The molecule has 1 aromatic carbocycles. The number of carbonyl (C=O) groups excluding carboxylic acids is 1. The molecule has 2 atom stereocenters. The number of methoxy groups -OCH3 is 1. The molecule has 1 saturated heterocycles. The van der Waals surface area contributed by atoms with Gasteiger partial charge in [-0.3, -0.25) is 4.90 Å². The van der Waals surface area contributed by atoms with Crippen molar-refractivity contribution in [1.82, 2.24) is 9.80 Å². The van der Waals surface area contributed by atoms with Gasteiger partial charge in [-0.15, -0.1) is 0 Å². The first kappa shape index (κ1) is 17.2. The quantitative estimate of drug-likeness (QED) is 0.792. The minimum atomic E-state index is -0.236. The monoisotopic (exact) mass is 332 g/mol. The molecule has 0 radical (unpaired) electrons. The molecule has 0 amide bonds. The first-order valence-corrected chi connectivity index (χ1v) is 8.95. The molecule has 1 aromatic rings. The molecule has 5 nitrogen and oxygen atoms in total. The molecule has 2 fully saturated rings. The molecule has 1 aliphatic carbocycles. The number of rotatable bonds is 4. The molecule has 24 heavy (non-hydrogen) atoms. The minimum Gasteiger partial charge on any atom is -0.497 e. The van der Waals surface area contributed by atoms with Gasteiger partial charge in [0.25, 0.3) is 0 Å². The highest BCUT2D eigenvalue weighted by Gasteiger charge is 2.34. The molecule has 1 saturated carbocycles. The van der Waals surface area contributed by atoms with Crippen molar-refractivity contribution in [2.45, 2.75) is 37.8 Å². The summed E-state index contributed by atoms with van der Waals surface area (Å²) in [4.78, 5) is 17.4. The van der Waals surface area contributed by atoms with E-state index >= 15 is 0 Å². The van der Waals surface area contributed by atoms with E-state index in [0.717, 1.165) is 45.4 Å². The van der Waals surface area contributed by atoms with Gasteiger partial charge in [-0.05, 0) is 44.5 Å². The molecule has 2 aliphatic rings. The number of hydrogen-bond acceptors (Lipinski definition) is 5. The molecule has 0 aromatic heterocycles. The van der Waals surface area contributed by atoms with Crippen molar-refractivity contribution in [3.8, 4) is 5.75 Å². The van der Waals surface area contributed by atoms with Gasteiger partial charge in [0.05, 0.1) is 12.7 Å². The summed E-state index contributed by atoms with van der Waals surface area (Å²) in [6, 6.07) is 7.56. The van der Waals surface area contributed by atoms with E-state index in [4.69, 9.17) is 9.47 Å². The lowest BCUT2D eigenvalue weighted by atomic mass is 9.90. The van der Waals surface area contributed by atoms with Crippen LogP contribution in [0.5, 0.6) is 5.75 Å². The van der Waals surface area contributed by atoms with E-state index in [2.05, 4.69) is 16.8 Å². The Morgan fingerprint density at radius 2 is 1.88 bits per heavy atom. The number of ether oxygens (including phenoxy) is 2. The first-order valence-electron chi connectivity index (χ1n) is 8.95. The summed E-state index contributed by atoms with van der Waals surface area (Å²) in [5.74, 6) is 0.448. The lowest BCUT2D eigenvalue weighted by Crippen LogP contribution is -2.54. The van der Waals surface area contributed by atoms with Crippen LogP contribution in [0.25, 0.3) is 0 Å². The number of piperazine rings is 1. The zero-order valence-corrected chi connectivity index (χ0v) is 14.7. The van der Waals surface area contributed by atoms with Crippen LogP contribution in [0.2, 0.25) is 0 Å². The third-order valence-corrected chi connectivity index (χ3v) is 5.24. The Balaban J connectivity index is 1.65. The molecule has 0 N–H and O–H groups in total. The second-order valence-electron chi connectivity index (χ2n) is 6.87. The smallest absolute Gasteiger partial charge is 0.338 e. The van der Waals surface area contributed by atoms with Crippen molar-refractivity contribution < 1.29 is 14.3 Å². The summed E-state index contributed by atoms with van der Waals surface area (Å²) in [5.41, 5.74) is 0.567. The molecule has 132 valence electrons. The molecule has 3 rings (SSSR count). The Bertz CT molecular complexity index is 555. The van der Waals surface area contributed by atoms with Crippen molar-refractivity contribution >= 4 is 5.97 Å². The van der Waals surface area contributed by atoms with Crippen LogP contribution in [0.1, 0.15) is 36.0 Å². The topological polar surface area (TPSA) is 42.0 Å². The Morgan fingerprint density at radius 1 is 1.12 bits per heavy atom. The second kappa shape index (κ2) is 7.99. The van der Waals surface area contributed by atoms with E-state index in [1.54, 1.807) is 19.2 Å². The summed E-state index contributed by atoms with van der Waals surface area (Å²) in [6.45, 7) is 4.31. The standard InChI is InChI=1S/C19H28N2O3/c1-20-10-12-21(13-11-20)17-8-3-4-9-18(17)24-19(22)15-6-5-7-16(14-15)23-2/h5-7,14,17-18H,3-4,8-13H2,1-2H3/t17-,18-/m1/s1. The zero-order valence-electron chi connectivity index (χ0n) is 14.7. The Kier molecular flexibility index (Phi) is 5.74. The Hall–Kier alpha value is -1.59. The Labute approximate surface area is 144 Å². The fraction of sp³-hybridized carbons (Fsp3) is 0.632. The molecular formula is C19H28N2O3. The van der Waals surface area contributed by atoms with Crippen LogP contribution in [-0.2, 0) is 4.74 Å². The van der Waals surface area contributed by atoms with Crippen molar-refractivity contribution in [2.75, 3.05) is 40.3 Å². The van der Waals surface area contributed by atoms with Crippen molar-refractivity contribution in [3.05, 3.63) is 29.8 Å². The first-order chi connectivity index (χ1) is 11.7. The summed E-state index contributed by atoms with van der Waals surface area (Å²) in [5, 5.41) is 0. The predicted octanol–water partition coefficient (Wildman–Crippen LogP) is 2.41. The highest BCUT2D eigenvalue weighted by Crippen LogP contribution is 2.27. The normalized spacial score (nSPS) is 26.1. The van der Waals surface area contributed by atoms with E-state index in [1.165, 1.54) is 6.42 Å².